The number of aliphatic hydroxyl groups is 1. The highest BCUT2D eigenvalue weighted by atomic mass is 16.7. The second-order valence-electron chi connectivity index (χ2n) is 6.72. The molecule has 6 nitrogen and oxygen atoms in total. The number of hydroxylamine groups is 2. The lowest BCUT2D eigenvalue weighted by Crippen LogP contribution is -2.45. The van der Waals surface area contributed by atoms with E-state index in [4.69, 9.17) is 9.94 Å². The van der Waals surface area contributed by atoms with Gasteiger partial charge in [-0.25, -0.2) is 9.86 Å². The number of nitrogens with zero attached hydrogens (tertiary/aromatic N) is 1. The predicted molar refractivity (Wildman–Crippen MR) is 90.3 cm³/mol. The summed E-state index contributed by atoms with van der Waals surface area (Å²) in [5.41, 5.74) is 1.29. The van der Waals surface area contributed by atoms with Crippen molar-refractivity contribution in [2.24, 2.45) is 0 Å². The predicted octanol–water partition coefficient (Wildman–Crippen LogP) is 2.19. The van der Waals surface area contributed by atoms with Gasteiger partial charge in [0.2, 0.25) is 6.41 Å². The van der Waals surface area contributed by atoms with Crippen LogP contribution in [0.2, 0.25) is 0 Å². The van der Waals surface area contributed by atoms with Crippen LogP contribution in [0.4, 0.5) is 0 Å². The second-order valence-corrected chi connectivity index (χ2v) is 6.72. The molecule has 0 aliphatic carbocycles. The molecule has 6 heteroatoms. The fraction of sp³-hybridized carbons (Fsp3) is 0.556. The summed E-state index contributed by atoms with van der Waals surface area (Å²) in [6.45, 7) is 5.45. The Morgan fingerprint density at radius 1 is 1.21 bits per heavy atom. The average Bonchev–Trinajstić information content (AvgIpc) is 2.51. The molecule has 0 saturated heterocycles. The molecule has 134 valence electrons. The smallest absolute Gasteiger partial charge is 0.329 e. The first-order chi connectivity index (χ1) is 11.3. The highest BCUT2D eigenvalue weighted by Gasteiger charge is 2.29. The molecule has 1 atom stereocenters. The number of hydrogen-bond acceptors (Lipinski definition) is 4. The average molecular weight is 337 g/mol. The number of carboxylic acids is 1. The number of rotatable bonds is 10. The fourth-order valence-electron chi connectivity index (χ4n) is 2.27. The van der Waals surface area contributed by atoms with Crippen LogP contribution >= 0.6 is 0 Å². The van der Waals surface area contributed by atoms with Gasteiger partial charge in [-0.2, -0.15) is 0 Å². The lowest BCUT2D eigenvalue weighted by atomic mass is 10.0. The number of carbonyl (C=O) groups is 2. The molecule has 1 aromatic carbocycles. The lowest BCUT2D eigenvalue weighted by molar-refractivity contribution is -0.234. The van der Waals surface area contributed by atoms with Crippen molar-refractivity contribution in [3.05, 3.63) is 35.4 Å². The molecule has 1 amide bonds. The molecule has 24 heavy (non-hydrogen) atoms. The molecule has 0 spiro atoms. The SMILES string of the molecule is CC(C)(C)ON(C=O)C(Cc1ccc(CCCCO)cc1)C(=O)O. The zero-order chi connectivity index (χ0) is 18.2. The Kier molecular flexibility index (Phi) is 7.88. The number of aliphatic hydroxyl groups excluding tert-OH is 1. The van der Waals surface area contributed by atoms with E-state index < -0.39 is 17.6 Å². The number of carbonyl (C=O) groups excluding carboxylic acids is 1. The number of unbranched alkanes of at least 4 members (excludes halogenated alkanes) is 1. The van der Waals surface area contributed by atoms with E-state index in [1.807, 2.05) is 24.3 Å². The summed E-state index contributed by atoms with van der Waals surface area (Å²) >= 11 is 0. The van der Waals surface area contributed by atoms with Gasteiger partial charge in [0.1, 0.15) is 0 Å². The summed E-state index contributed by atoms with van der Waals surface area (Å²) in [5.74, 6) is -1.11. The fourth-order valence-corrected chi connectivity index (χ4v) is 2.27. The lowest BCUT2D eigenvalue weighted by Gasteiger charge is -2.30. The van der Waals surface area contributed by atoms with Crippen LogP contribution in [0.25, 0.3) is 0 Å². The number of aryl methyl sites for hydroxylation is 1. The number of benzene rings is 1. The topological polar surface area (TPSA) is 87.1 Å². The summed E-state index contributed by atoms with van der Waals surface area (Å²) in [6.07, 6.45) is 3.12. The van der Waals surface area contributed by atoms with E-state index in [9.17, 15) is 14.7 Å². The normalized spacial score (nSPS) is 12.7. The van der Waals surface area contributed by atoms with Crippen LogP contribution in [0.3, 0.4) is 0 Å². The van der Waals surface area contributed by atoms with Crippen LogP contribution < -0.4 is 0 Å². The number of aliphatic carboxylic acids is 1. The Bertz CT molecular complexity index is 521. The Morgan fingerprint density at radius 2 is 1.79 bits per heavy atom. The molecule has 1 unspecified atom stereocenters. The number of carboxylic acid groups (broad SMARTS) is 1. The molecule has 0 aromatic heterocycles. The van der Waals surface area contributed by atoms with Crippen molar-refractivity contribution in [1.29, 1.82) is 0 Å². The zero-order valence-corrected chi connectivity index (χ0v) is 14.6. The molecular formula is C18H27NO5. The van der Waals surface area contributed by atoms with E-state index in [1.165, 1.54) is 0 Å². The van der Waals surface area contributed by atoms with Gasteiger partial charge in [0.05, 0.1) is 5.60 Å². The van der Waals surface area contributed by atoms with Crippen LogP contribution in [0, 0.1) is 0 Å². The Balaban J connectivity index is 2.77. The minimum atomic E-state index is -1.11. The van der Waals surface area contributed by atoms with E-state index in [0.29, 0.717) is 6.41 Å². The summed E-state index contributed by atoms with van der Waals surface area (Å²) in [6, 6.07) is 6.54. The van der Waals surface area contributed by atoms with Gasteiger partial charge in [-0.05, 0) is 51.2 Å². The molecule has 0 saturated carbocycles. The molecule has 0 fully saturated rings. The summed E-state index contributed by atoms with van der Waals surface area (Å²) in [4.78, 5) is 28.2. The maximum atomic E-state index is 11.5. The first kappa shape index (κ1) is 20.1. The standard InChI is InChI=1S/C18H27NO5/c1-18(2,3)24-19(13-21)16(17(22)23)12-15-9-7-14(8-10-15)6-4-5-11-20/h7-10,13,16,20H,4-6,11-12H2,1-3H3,(H,22,23). The highest BCUT2D eigenvalue weighted by Crippen LogP contribution is 2.16. The third kappa shape index (κ3) is 7.10. The molecule has 0 bridgehead atoms. The van der Waals surface area contributed by atoms with Gasteiger partial charge in [-0.1, -0.05) is 24.3 Å². The third-order valence-corrected chi connectivity index (χ3v) is 3.40. The molecule has 2 N–H and O–H groups in total. The number of hydrogen-bond donors (Lipinski definition) is 2. The third-order valence-electron chi connectivity index (χ3n) is 3.40. The van der Waals surface area contributed by atoms with E-state index >= 15 is 0 Å². The maximum Gasteiger partial charge on any atom is 0.329 e. The summed E-state index contributed by atoms with van der Waals surface area (Å²) < 4.78 is 0. The Hall–Kier alpha value is -1.92. The van der Waals surface area contributed by atoms with Crippen LogP contribution in [-0.4, -0.2) is 45.9 Å². The van der Waals surface area contributed by atoms with Crippen LogP contribution in [0.15, 0.2) is 24.3 Å². The Morgan fingerprint density at radius 3 is 2.25 bits per heavy atom. The van der Waals surface area contributed by atoms with E-state index in [-0.39, 0.29) is 13.0 Å². The molecule has 0 heterocycles. The van der Waals surface area contributed by atoms with E-state index in [2.05, 4.69) is 0 Å². The largest absolute Gasteiger partial charge is 0.480 e. The van der Waals surface area contributed by atoms with Gasteiger partial charge in [-0.3, -0.25) is 9.63 Å². The van der Waals surface area contributed by atoms with Crippen molar-refractivity contribution < 1.29 is 24.6 Å². The van der Waals surface area contributed by atoms with Gasteiger partial charge < -0.3 is 10.2 Å². The zero-order valence-electron chi connectivity index (χ0n) is 14.6. The summed E-state index contributed by atoms with van der Waals surface area (Å²) in [7, 11) is 0. The maximum absolute atomic E-state index is 11.5. The highest BCUT2D eigenvalue weighted by molar-refractivity contribution is 5.76. The summed E-state index contributed by atoms with van der Waals surface area (Å²) in [5, 5.41) is 19.1. The van der Waals surface area contributed by atoms with Gasteiger partial charge in [0, 0.05) is 13.0 Å². The van der Waals surface area contributed by atoms with Gasteiger partial charge >= 0.3 is 5.97 Å². The first-order valence-electron chi connectivity index (χ1n) is 8.11. The molecule has 0 aliphatic rings. The minimum absolute atomic E-state index is 0.168. The van der Waals surface area contributed by atoms with E-state index in [0.717, 1.165) is 35.5 Å². The van der Waals surface area contributed by atoms with Gasteiger partial charge in [0.15, 0.2) is 6.04 Å². The molecule has 1 rings (SSSR count). The number of amides is 1. The van der Waals surface area contributed by atoms with Crippen LogP contribution in [-0.2, 0) is 27.3 Å². The van der Waals surface area contributed by atoms with Crippen molar-refractivity contribution in [1.82, 2.24) is 5.06 Å². The van der Waals surface area contributed by atoms with Gasteiger partial charge in [0.25, 0.3) is 0 Å². The molecule has 0 radical (unpaired) electrons. The van der Waals surface area contributed by atoms with Crippen molar-refractivity contribution in [2.45, 2.75) is 58.1 Å². The molecule has 1 aromatic rings. The van der Waals surface area contributed by atoms with E-state index in [1.54, 1.807) is 20.8 Å². The first-order valence-corrected chi connectivity index (χ1v) is 8.11. The second kappa shape index (κ2) is 9.39. The van der Waals surface area contributed by atoms with Crippen LogP contribution in [0.1, 0.15) is 44.7 Å². The Labute approximate surface area is 143 Å². The van der Waals surface area contributed by atoms with Gasteiger partial charge in [-0.15, -0.1) is 0 Å². The van der Waals surface area contributed by atoms with Crippen LogP contribution in [0.5, 0.6) is 0 Å². The van der Waals surface area contributed by atoms with Crippen molar-refractivity contribution in [3.8, 4) is 0 Å². The minimum Gasteiger partial charge on any atom is -0.480 e. The quantitative estimate of drug-likeness (QED) is 0.388. The molecule has 0 aliphatic heterocycles. The van der Waals surface area contributed by atoms with Crippen molar-refractivity contribution in [3.63, 3.8) is 0 Å². The van der Waals surface area contributed by atoms with Crippen molar-refractivity contribution >= 4 is 12.4 Å². The molecular weight excluding hydrogens is 310 g/mol. The van der Waals surface area contributed by atoms with Crippen molar-refractivity contribution in [2.75, 3.05) is 6.61 Å². The monoisotopic (exact) mass is 337 g/mol.